The van der Waals surface area contributed by atoms with Gasteiger partial charge in [0.15, 0.2) is 0 Å². The molecule has 0 aromatic heterocycles. The Hall–Kier alpha value is -0.310. The average molecular weight is 263 g/mol. The maximum Gasteiger partial charge on any atom is 0.334 e. The third kappa shape index (κ3) is 7.13. The third-order valence-electron chi connectivity index (χ3n) is 1.93. The molecule has 0 saturated heterocycles. The summed E-state index contributed by atoms with van der Waals surface area (Å²) in [6, 6.07) is 0. The zero-order chi connectivity index (χ0) is 10.8. The zero-order valence-electron chi connectivity index (χ0n) is 8.85. The molecule has 0 aromatic carbocycles. The van der Waals surface area contributed by atoms with Crippen molar-refractivity contribution in [2.45, 2.75) is 39.0 Å². The Morgan fingerprint density at radius 3 is 2.50 bits per heavy atom. The number of carbonyl (C=O) groups is 1. The maximum absolute atomic E-state index is 11.1. The molecule has 2 nitrogen and oxygen atoms in total. The van der Waals surface area contributed by atoms with Gasteiger partial charge in [-0.1, -0.05) is 55.1 Å². The molecule has 0 aromatic rings. The van der Waals surface area contributed by atoms with E-state index in [1.54, 1.807) is 0 Å². The van der Waals surface area contributed by atoms with Crippen molar-refractivity contribution in [3.63, 3.8) is 0 Å². The summed E-state index contributed by atoms with van der Waals surface area (Å²) in [7, 11) is 0. The molecule has 0 saturated carbocycles. The number of unbranched alkanes of at least 4 members (excludes halogenated alkanes) is 4. The Labute approximate surface area is 94.8 Å². The molecule has 0 amide bonds. The van der Waals surface area contributed by atoms with Gasteiger partial charge < -0.3 is 4.74 Å². The van der Waals surface area contributed by atoms with Gasteiger partial charge in [-0.05, 0) is 6.42 Å². The minimum Gasteiger partial charge on any atom is -0.462 e. The van der Waals surface area contributed by atoms with Crippen LogP contribution in [0.3, 0.4) is 0 Å². The molecule has 0 radical (unpaired) electrons. The van der Waals surface area contributed by atoms with Gasteiger partial charge in [0.05, 0.1) is 6.61 Å². The van der Waals surface area contributed by atoms with Crippen molar-refractivity contribution in [2.24, 2.45) is 0 Å². The highest BCUT2D eigenvalue weighted by molar-refractivity contribution is 9.09. The number of carbonyl (C=O) groups excluding carboxylic acids is 1. The molecule has 3 heteroatoms. The minimum atomic E-state index is -0.280. The van der Waals surface area contributed by atoms with Crippen LogP contribution in [0.1, 0.15) is 39.0 Å². The van der Waals surface area contributed by atoms with E-state index in [1.807, 2.05) is 0 Å². The monoisotopic (exact) mass is 262 g/mol. The summed E-state index contributed by atoms with van der Waals surface area (Å²) < 4.78 is 5.01. The number of halogens is 1. The summed E-state index contributed by atoms with van der Waals surface area (Å²) in [4.78, 5) is 11.1. The predicted octanol–water partition coefficient (Wildman–Crippen LogP) is 3.45. The highest BCUT2D eigenvalue weighted by Gasteiger charge is 2.05. The molecule has 0 fully saturated rings. The van der Waals surface area contributed by atoms with E-state index in [1.165, 1.54) is 19.3 Å². The van der Waals surface area contributed by atoms with Crippen LogP contribution in [0.5, 0.6) is 0 Å². The van der Waals surface area contributed by atoms with Crippen molar-refractivity contribution >= 4 is 21.9 Å². The number of esters is 1. The van der Waals surface area contributed by atoms with Crippen molar-refractivity contribution in [3.8, 4) is 0 Å². The Bertz CT molecular complexity index is 178. The minimum absolute atomic E-state index is 0.280. The smallest absolute Gasteiger partial charge is 0.334 e. The van der Waals surface area contributed by atoms with Crippen LogP contribution in [0, 0.1) is 0 Å². The van der Waals surface area contributed by atoms with Gasteiger partial charge in [-0.15, -0.1) is 0 Å². The van der Waals surface area contributed by atoms with Gasteiger partial charge >= 0.3 is 5.97 Å². The van der Waals surface area contributed by atoms with Gasteiger partial charge in [-0.2, -0.15) is 0 Å². The normalized spacial score (nSPS) is 9.86. The third-order valence-corrected chi connectivity index (χ3v) is 2.61. The lowest BCUT2D eigenvalue weighted by molar-refractivity contribution is -0.138. The summed E-state index contributed by atoms with van der Waals surface area (Å²) in [6.45, 7) is 6.28. The first-order valence-corrected chi connectivity index (χ1v) is 6.25. The topological polar surface area (TPSA) is 26.3 Å². The fourth-order valence-electron chi connectivity index (χ4n) is 1.03. The zero-order valence-corrected chi connectivity index (χ0v) is 10.4. The highest BCUT2D eigenvalue weighted by atomic mass is 79.9. The lowest BCUT2D eigenvalue weighted by Gasteiger charge is -2.04. The Balaban J connectivity index is 3.27. The molecule has 0 N–H and O–H groups in total. The fraction of sp³-hybridized carbons (Fsp3) is 0.727. The van der Waals surface area contributed by atoms with Crippen LogP contribution >= 0.6 is 15.9 Å². The molecular weight excluding hydrogens is 244 g/mol. The first-order chi connectivity index (χ1) is 6.72. The molecule has 0 aliphatic carbocycles. The van der Waals surface area contributed by atoms with Crippen LogP contribution in [0.4, 0.5) is 0 Å². The van der Waals surface area contributed by atoms with Gasteiger partial charge in [0.1, 0.15) is 0 Å². The van der Waals surface area contributed by atoms with Gasteiger partial charge in [-0.3, -0.25) is 0 Å². The molecule has 14 heavy (non-hydrogen) atoms. The van der Waals surface area contributed by atoms with Gasteiger partial charge in [0, 0.05) is 10.9 Å². The van der Waals surface area contributed by atoms with E-state index in [-0.39, 0.29) is 5.97 Å². The largest absolute Gasteiger partial charge is 0.462 e. The van der Waals surface area contributed by atoms with E-state index in [2.05, 4.69) is 29.4 Å². The summed E-state index contributed by atoms with van der Waals surface area (Å²) >= 11 is 3.16. The SMILES string of the molecule is C=C(CBr)C(=O)OCCCCCCC. The Morgan fingerprint density at radius 2 is 1.93 bits per heavy atom. The first kappa shape index (κ1) is 13.7. The van der Waals surface area contributed by atoms with Gasteiger partial charge in [-0.25, -0.2) is 4.79 Å². The molecule has 0 bridgehead atoms. The first-order valence-electron chi connectivity index (χ1n) is 5.13. The van der Waals surface area contributed by atoms with Crippen molar-refractivity contribution < 1.29 is 9.53 Å². The van der Waals surface area contributed by atoms with Crippen molar-refractivity contribution in [2.75, 3.05) is 11.9 Å². The van der Waals surface area contributed by atoms with Crippen LogP contribution in [0.15, 0.2) is 12.2 Å². The van der Waals surface area contributed by atoms with E-state index in [9.17, 15) is 4.79 Å². The van der Waals surface area contributed by atoms with Crippen LogP contribution in [-0.2, 0) is 9.53 Å². The Morgan fingerprint density at radius 1 is 1.29 bits per heavy atom. The molecule has 82 valence electrons. The summed E-state index contributed by atoms with van der Waals surface area (Å²) in [5.74, 6) is -0.280. The van der Waals surface area contributed by atoms with Crippen molar-refractivity contribution in [1.29, 1.82) is 0 Å². The quantitative estimate of drug-likeness (QED) is 0.290. The summed E-state index contributed by atoms with van der Waals surface area (Å²) in [5.41, 5.74) is 0.485. The molecule has 0 unspecified atom stereocenters. The van der Waals surface area contributed by atoms with Crippen LogP contribution in [0.2, 0.25) is 0 Å². The number of hydrogen-bond acceptors (Lipinski definition) is 2. The lowest BCUT2D eigenvalue weighted by atomic mass is 10.2. The maximum atomic E-state index is 11.1. The number of rotatable bonds is 8. The number of alkyl halides is 1. The molecule has 0 rings (SSSR count). The van der Waals surface area contributed by atoms with Crippen LogP contribution in [0.25, 0.3) is 0 Å². The summed E-state index contributed by atoms with van der Waals surface area (Å²) in [5, 5.41) is 0.488. The Kier molecular flexibility index (Phi) is 9.05. The second-order valence-electron chi connectivity index (χ2n) is 3.29. The van der Waals surface area contributed by atoms with E-state index in [4.69, 9.17) is 4.74 Å². The fourth-order valence-corrected chi connectivity index (χ4v) is 1.26. The van der Waals surface area contributed by atoms with E-state index in [0.29, 0.717) is 17.5 Å². The molecular formula is C11H19BrO2. The van der Waals surface area contributed by atoms with Crippen molar-refractivity contribution in [1.82, 2.24) is 0 Å². The van der Waals surface area contributed by atoms with Crippen LogP contribution in [-0.4, -0.2) is 17.9 Å². The predicted molar refractivity (Wildman–Crippen MR) is 62.7 cm³/mol. The van der Waals surface area contributed by atoms with Gasteiger partial charge in [0.25, 0.3) is 0 Å². The number of hydrogen-bond donors (Lipinski definition) is 0. The summed E-state index contributed by atoms with van der Waals surface area (Å²) in [6.07, 6.45) is 5.83. The molecule has 0 spiro atoms. The van der Waals surface area contributed by atoms with E-state index >= 15 is 0 Å². The average Bonchev–Trinajstić information content (AvgIpc) is 2.21. The molecule has 0 atom stereocenters. The molecule has 0 heterocycles. The van der Waals surface area contributed by atoms with Crippen LogP contribution < -0.4 is 0 Å². The lowest BCUT2D eigenvalue weighted by Crippen LogP contribution is -2.08. The number of ether oxygens (including phenoxy) is 1. The van der Waals surface area contributed by atoms with Crippen molar-refractivity contribution in [3.05, 3.63) is 12.2 Å². The van der Waals surface area contributed by atoms with E-state index in [0.717, 1.165) is 12.8 Å². The standard InChI is InChI=1S/C11H19BrO2/c1-3-4-5-6-7-8-14-11(13)10(2)9-12/h2-9H2,1H3. The van der Waals surface area contributed by atoms with E-state index < -0.39 is 0 Å². The second kappa shape index (κ2) is 9.25. The molecule has 0 aliphatic rings. The van der Waals surface area contributed by atoms with Gasteiger partial charge in [0.2, 0.25) is 0 Å². The second-order valence-corrected chi connectivity index (χ2v) is 3.85. The highest BCUT2D eigenvalue weighted by Crippen LogP contribution is 2.04. The molecule has 0 aliphatic heterocycles.